The van der Waals surface area contributed by atoms with Crippen molar-refractivity contribution in [2.75, 3.05) is 5.32 Å². The fraction of sp³-hybridized carbons (Fsp3) is 0.250. The number of rotatable bonds is 2. The molecule has 0 radical (unpaired) electrons. The van der Waals surface area contributed by atoms with E-state index in [1.54, 1.807) is 11.3 Å². The maximum Gasteiger partial charge on any atom is 0.225 e. The van der Waals surface area contributed by atoms with Crippen LogP contribution in [0.2, 0.25) is 5.28 Å². The summed E-state index contributed by atoms with van der Waals surface area (Å²) in [5.74, 6) is 0.854. The van der Waals surface area contributed by atoms with E-state index in [-0.39, 0.29) is 0 Å². The summed E-state index contributed by atoms with van der Waals surface area (Å²) in [6.45, 7) is 2.08. The van der Waals surface area contributed by atoms with Crippen molar-refractivity contribution >= 4 is 39.0 Å². The van der Waals surface area contributed by atoms with Crippen molar-refractivity contribution in [2.24, 2.45) is 0 Å². The van der Waals surface area contributed by atoms with Crippen molar-refractivity contribution < 1.29 is 0 Å². The van der Waals surface area contributed by atoms with Gasteiger partial charge in [-0.15, -0.1) is 11.3 Å². The Morgan fingerprint density at radius 2 is 1.90 bits per heavy atom. The first kappa shape index (κ1) is 13.0. The van der Waals surface area contributed by atoms with E-state index in [2.05, 4.69) is 52.5 Å². The minimum atomic E-state index is 0.308. The number of thiophene rings is 1. The highest BCUT2D eigenvalue weighted by Crippen LogP contribution is 2.31. The molecule has 1 aromatic carbocycles. The predicted molar refractivity (Wildman–Crippen MR) is 88.4 cm³/mol. The van der Waals surface area contributed by atoms with Gasteiger partial charge in [0, 0.05) is 10.9 Å². The summed E-state index contributed by atoms with van der Waals surface area (Å²) in [5.41, 5.74) is 2.85. The Morgan fingerprint density at radius 3 is 2.62 bits per heavy atom. The molecule has 1 aliphatic rings. The highest BCUT2D eigenvalue weighted by atomic mass is 35.5. The van der Waals surface area contributed by atoms with Gasteiger partial charge in [-0.2, -0.15) is 0 Å². The van der Waals surface area contributed by atoms with Gasteiger partial charge in [0.15, 0.2) is 0 Å². The van der Waals surface area contributed by atoms with Crippen LogP contribution >= 0.6 is 22.9 Å². The Hall–Kier alpha value is -1.65. The SMILES string of the molecule is Cc1cc2c(NC3Cc4ccccc4C3)nc(Cl)nc2s1. The minimum absolute atomic E-state index is 0.308. The van der Waals surface area contributed by atoms with Crippen LogP contribution in [0.25, 0.3) is 10.2 Å². The van der Waals surface area contributed by atoms with E-state index >= 15 is 0 Å². The van der Waals surface area contributed by atoms with Crippen molar-refractivity contribution in [1.29, 1.82) is 0 Å². The second-order valence-electron chi connectivity index (χ2n) is 5.44. The molecule has 0 spiro atoms. The zero-order valence-corrected chi connectivity index (χ0v) is 13.1. The van der Waals surface area contributed by atoms with Crippen molar-refractivity contribution in [3.05, 3.63) is 51.6 Å². The van der Waals surface area contributed by atoms with Crippen LogP contribution in [0.4, 0.5) is 5.82 Å². The van der Waals surface area contributed by atoms with Crippen LogP contribution in [0.15, 0.2) is 30.3 Å². The Labute approximate surface area is 132 Å². The van der Waals surface area contributed by atoms with Crippen LogP contribution in [0.5, 0.6) is 0 Å². The van der Waals surface area contributed by atoms with Gasteiger partial charge in [0.05, 0.1) is 5.39 Å². The molecule has 106 valence electrons. The first-order valence-electron chi connectivity index (χ1n) is 6.96. The van der Waals surface area contributed by atoms with E-state index in [0.717, 1.165) is 28.9 Å². The first-order chi connectivity index (χ1) is 10.2. The third-order valence-electron chi connectivity index (χ3n) is 3.88. The van der Waals surface area contributed by atoms with Crippen molar-refractivity contribution in [3.63, 3.8) is 0 Å². The van der Waals surface area contributed by atoms with Gasteiger partial charge >= 0.3 is 0 Å². The molecule has 0 unspecified atom stereocenters. The summed E-state index contributed by atoms with van der Waals surface area (Å²) < 4.78 is 0. The van der Waals surface area contributed by atoms with E-state index < -0.39 is 0 Å². The molecular formula is C16H14ClN3S. The maximum absolute atomic E-state index is 6.05. The number of fused-ring (bicyclic) bond motifs is 2. The second-order valence-corrected chi connectivity index (χ2v) is 7.01. The topological polar surface area (TPSA) is 37.8 Å². The molecule has 0 saturated heterocycles. The summed E-state index contributed by atoms with van der Waals surface area (Å²) >= 11 is 7.70. The van der Waals surface area contributed by atoms with E-state index in [0.29, 0.717) is 11.3 Å². The zero-order chi connectivity index (χ0) is 14.4. The Morgan fingerprint density at radius 1 is 1.19 bits per heavy atom. The number of hydrogen-bond donors (Lipinski definition) is 1. The van der Waals surface area contributed by atoms with Gasteiger partial charge in [0.25, 0.3) is 0 Å². The molecule has 4 rings (SSSR count). The largest absolute Gasteiger partial charge is 0.366 e. The average Bonchev–Trinajstić information content (AvgIpc) is 3.00. The summed E-state index contributed by atoms with van der Waals surface area (Å²) in [7, 11) is 0. The highest BCUT2D eigenvalue weighted by molar-refractivity contribution is 7.18. The first-order valence-corrected chi connectivity index (χ1v) is 8.15. The molecule has 1 N–H and O–H groups in total. The van der Waals surface area contributed by atoms with Gasteiger partial charge in [-0.05, 0) is 48.6 Å². The van der Waals surface area contributed by atoms with Crippen molar-refractivity contribution in [1.82, 2.24) is 9.97 Å². The maximum atomic E-state index is 6.05. The highest BCUT2D eigenvalue weighted by Gasteiger charge is 2.22. The lowest BCUT2D eigenvalue weighted by Crippen LogP contribution is -2.20. The van der Waals surface area contributed by atoms with E-state index in [4.69, 9.17) is 11.6 Å². The molecule has 21 heavy (non-hydrogen) atoms. The van der Waals surface area contributed by atoms with Gasteiger partial charge in [0.1, 0.15) is 10.6 Å². The van der Waals surface area contributed by atoms with Crippen LogP contribution in [0, 0.1) is 6.92 Å². The summed E-state index contributed by atoms with van der Waals surface area (Å²) in [4.78, 5) is 10.9. The average molecular weight is 316 g/mol. The molecule has 0 atom stereocenters. The number of hydrogen-bond acceptors (Lipinski definition) is 4. The fourth-order valence-electron chi connectivity index (χ4n) is 2.98. The lowest BCUT2D eigenvalue weighted by Gasteiger charge is -2.13. The number of aryl methyl sites for hydroxylation is 1. The lowest BCUT2D eigenvalue weighted by molar-refractivity contribution is 0.770. The van der Waals surface area contributed by atoms with Gasteiger partial charge in [0.2, 0.25) is 5.28 Å². The van der Waals surface area contributed by atoms with Crippen LogP contribution in [0.1, 0.15) is 16.0 Å². The fourth-order valence-corrected chi connectivity index (χ4v) is 4.08. The van der Waals surface area contributed by atoms with Crippen LogP contribution in [-0.2, 0) is 12.8 Å². The zero-order valence-electron chi connectivity index (χ0n) is 11.6. The van der Waals surface area contributed by atoms with E-state index in [1.807, 2.05) is 0 Å². The summed E-state index contributed by atoms with van der Waals surface area (Å²) in [6, 6.07) is 11.1. The normalized spacial score (nSPS) is 14.6. The lowest BCUT2D eigenvalue weighted by atomic mass is 10.1. The van der Waals surface area contributed by atoms with Crippen LogP contribution < -0.4 is 5.32 Å². The number of halogens is 1. The Kier molecular flexibility index (Phi) is 3.08. The molecule has 0 amide bonds. The van der Waals surface area contributed by atoms with Gasteiger partial charge in [-0.1, -0.05) is 24.3 Å². The molecule has 0 aliphatic heterocycles. The monoisotopic (exact) mass is 315 g/mol. The molecule has 0 fully saturated rings. The number of benzene rings is 1. The smallest absolute Gasteiger partial charge is 0.225 e. The molecule has 3 nitrogen and oxygen atoms in total. The molecule has 3 aromatic rings. The van der Waals surface area contributed by atoms with Gasteiger partial charge in [-0.3, -0.25) is 0 Å². The summed E-state index contributed by atoms with van der Waals surface area (Å²) in [6.07, 6.45) is 2.06. The van der Waals surface area contributed by atoms with E-state index in [9.17, 15) is 0 Å². The molecule has 0 bridgehead atoms. The van der Waals surface area contributed by atoms with Gasteiger partial charge < -0.3 is 5.32 Å². The molecule has 2 heterocycles. The van der Waals surface area contributed by atoms with Crippen LogP contribution in [0.3, 0.4) is 0 Å². The number of nitrogens with zero attached hydrogens (tertiary/aromatic N) is 2. The molecule has 0 saturated carbocycles. The Balaban J connectivity index is 1.67. The predicted octanol–water partition coefficient (Wildman–Crippen LogP) is 4.23. The number of aromatic nitrogens is 2. The molecular weight excluding hydrogens is 302 g/mol. The molecule has 2 aromatic heterocycles. The summed E-state index contributed by atoms with van der Waals surface area (Å²) in [5, 5.41) is 4.93. The molecule has 5 heteroatoms. The quantitative estimate of drug-likeness (QED) is 0.719. The number of nitrogens with one attached hydrogen (secondary N) is 1. The third-order valence-corrected chi connectivity index (χ3v) is 4.99. The van der Waals surface area contributed by atoms with E-state index in [1.165, 1.54) is 16.0 Å². The second kappa shape index (κ2) is 4.97. The van der Waals surface area contributed by atoms with Crippen molar-refractivity contribution in [2.45, 2.75) is 25.8 Å². The molecule has 1 aliphatic carbocycles. The minimum Gasteiger partial charge on any atom is -0.366 e. The van der Waals surface area contributed by atoms with Crippen LogP contribution in [-0.4, -0.2) is 16.0 Å². The standard InChI is InChI=1S/C16H14ClN3S/c1-9-6-13-14(19-16(17)20-15(13)21-9)18-12-7-10-4-2-3-5-11(10)8-12/h2-6,12H,7-8H2,1H3,(H,18,19,20). The van der Waals surface area contributed by atoms with Gasteiger partial charge in [-0.25, -0.2) is 9.97 Å². The van der Waals surface area contributed by atoms with Crippen molar-refractivity contribution in [3.8, 4) is 0 Å². The number of anilines is 1. The third kappa shape index (κ3) is 2.39. The Bertz CT molecular complexity index is 803.